The Bertz CT molecular complexity index is 644. The summed E-state index contributed by atoms with van der Waals surface area (Å²) in [7, 11) is 1.89. The molecule has 3 rings (SSSR count). The second-order valence-corrected chi connectivity index (χ2v) is 5.87. The molecule has 22 heavy (non-hydrogen) atoms. The number of amides is 1. The molecular formula is C17H20FN3O. The van der Waals surface area contributed by atoms with Gasteiger partial charge in [-0.15, -0.1) is 0 Å². The number of benzene rings is 1. The van der Waals surface area contributed by atoms with Crippen LogP contribution in [0.3, 0.4) is 0 Å². The van der Waals surface area contributed by atoms with Crippen molar-refractivity contribution in [2.24, 2.45) is 13.0 Å². The summed E-state index contributed by atoms with van der Waals surface area (Å²) in [5.74, 6) is 0.612. The van der Waals surface area contributed by atoms with E-state index in [1.54, 1.807) is 18.3 Å². The second-order valence-electron chi connectivity index (χ2n) is 5.87. The first-order chi connectivity index (χ1) is 10.6. The van der Waals surface area contributed by atoms with E-state index >= 15 is 0 Å². The Labute approximate surface area is 129 Å². The van der Waals surface area contributed by atoms with Crippen LogP contribution < -0.4 is 5.32 Å². The molecule has 2 aromatic rings. The average molecular weight is 301 g/mol. The third-order valence-corrected chi connectivity index (χ3v) is 4.33. The van der Waals surface area contributed by atoms with Crippen LogP contribution in [0.2, 0.25) is 0 Å². The number of hydrogen-bond donors (Lipinski definition) is 1. The number of aromatic nitrogens is 2. The van der Waals surface area contributed by atoms with Crippen LogP contribution in [0.4, 0.5) is 4.39 Å². The molecule has 0 saturated heterocycles. The highest BCUT2D eigenvalue weighted by Gasteiger charge is 2.27. The Morgan fingerprint density at radius 1 is 1.32 bits per heavy atom. The molecule has 1 atom stereocenters. The Morgan fingerprint density at radius 2 is 2.00 bits per heavy atom. The number of nitrogens with one attached hydrogen (secondary N) is 1. The topological polar surface area (TPSA) is 46.9 Å². The molecule has 1 aromatic carbocycles. The third kappa shape index (κ3) is 3.03. The van der Waals surface area contributed by atoms with Crippen molar-refractivity contribution in [1.29, 1.82) is 0 Å². The molecule has 0 spiro atoms. The van der Waals surface area contributed by atoms with Gasteiger partial charge in [0.15, 0.2) is 0 Å². The maximum atomic E-state index is 13.2. The van der Waals surface area contributed by atoms with Gasteiger partial charge in [-0.25, -0.2) is 9.37 Å². The van der Waals surface area contributed by atoms with Crippen molar-refractivity contribution < 1.29 is 9.18 Å². The first kappa shape index (κ1) is 14.8. The monoisotopic (exact) mass is 301 g/mol. The summed E-state index contributed by atoms with van der Waals surface area (Å²) in [5.41, 5.74) is 0.835. The fraction of sp³-hybridized carbons (Fsp3) is 0.412. The number of aryl methyl sites for hydroxylation is 1. The first-order valence-corrected chi connectivity index (χ1v) is 7.68. The highest BCUT2D eigenvalue weighted by atomic mass is 19.1. The molecule has 4 nitrogen and oxygen atoms in total. The lowest BCUT2D eigenvalue weighted by Gasteiger charge is -2.21. The van der Waals surface area contributed by atoms with Crippen molar-refractivity contribution in [3.63, 3.8) is 0 Å². The lowest BCUT2D eigenvalue weighted by Crippen LogP contribution is -2.34. The minimum Gasteiger partial charge on any atom is -0.342 e. The second kappa shape index (κ2) is 6.30. The van der Waals surface area contributed by atoms with E-state index in [1.807, 2.05) is 17.8 Å². The van der Waals surface area contributed by atoms with Crippen LogP contribution in [-0.2, 0) is 11.8 Å². The first-order valence-electron chi connectivity index (χ1n) is 7.68. The van der Waals surface area contributed by atoms with E-state index in [1.165, 1.54) is 12.1 Å². The lowest BCUT2D eigenvalue weighted by molar-refractivity contribution is -0.125. The van der Waals surface area contributed by atoms with Gasteiger partial charge in [0.2, 0.25) is 5.91 Å². The van der Waals surface area contributed by atoms with Gasteiger partial charge in [0, 0.05) is 25.4 Å². The fourth-order valence-electron chi connectivity index (χ4n) is 3.06. The molecule has 1 saturated carbocycles. The quantitative estimate of drug-likeness (QED) is 0.944. The maximum absolute atomic E-state index is 13.2. The summed E-state index contributed by atoms with van der Waals surface area (Å²) >= 11 is 0. The Hall–Kier alpha value is -2.17. The van der Waals surface area contributed by atoms with Gasteiger partial charge >= 0.3 is 0 Å². The van der Waals surface area contributed by atoms with Crippen LogP contribution in [0.5, 0.6) is 0 Å². The third-order valence-electron chi connectivity index (χ3n) is 4.33. The van der Waals surface area contributed by atoms with Crippen LogP contribution >= 0.6 is 0 Å². The van der Waals surface area contributed by atoms with E-state index in [4.69, 9.17) is 0 Å². The van der Waals surface area contributed by atoms with Gasteiger partial charge in [0.25, 0.3) is 0 Å². The lowest BCUT2D eigenvalue weighted by atomic mass is 10.0. The van der Waals surface area contributed by atoms with E-state index in [0.29, 0.717) is 0 Å². The van der Waals surface area contributed by atoms with Gasteiger partial charge in [-0.2, -0.15) is 0 Å². The van der Waals surface area contributed by atoms with E-state index in [0.717, 1.165) is 37.1 Å². The molecule has 0 bridgehead atoms. The molecule has 0 aliphatic heterocycles. The highest BCUT2D eigenvalue weighted by molar-refractivity contribution is 5.79. The predicted molar refractivity (Wildman–Crippen MR) is 81.6 cm³/mol. The molecule has 1 unspecified atom stereocenters. The molecule has 1 amide bonds. The van der Waals surface area contributed by atoms with Crippen LogP contribution in [0.15, 0.2) is 36.7 Å². The minimum atomic E-state index is -0.353. The van der Waals surface area contributed by atoms with Crippen LogP contribution in [0, 0.1) is 11.7 Å². The van der Waals surface area contributed by atoms with Gasteiger partial charge in [0.05, 0.1) is 0 Å². The molecule has 1 aromatic heterocycles. The Balaban J connectivity index is 1.87. The van der Waals surface area contributed by atoms with Crippen molar-refractivity contribution in [3.8, 4) is 0 Å². The number of carbonyl (C=O) groups excluding carboxylic acids is 1. The van der Waals surface area contributed by atoms with Gasteiger partial charge in [0.1, 0.15) is 17.7 Å². The molecule has 1 fully saturated rings. The number of hydrogen-bond acceptors (Lipinski definition) is 2. The Kier molecular flexibility index (Phi) is 4.22. The van der Waals surface area contributed by atoms with E-state index in [9.17, 15) is 9.18 Å². The van der Waals surface area contributed by atoms with Gasteiger partial charge in [-0.3, -0.25) is 4.79 Å². The summed E-state index contributed by atoms with van der Waals surface area (Å²) in [6.07, 6.45) is 7.66. The summed E-state index contributed by atoms with van der Waals surface area (Å²) in [6.45, 7) is 0. The number of imidazole rings is 1. The zero-order chi connectivity index (χ0) is 15.5. The number of halogens is 1. The number of rotatable bonds is 4. The molecule has 1 aliphatic rings. The van der Waals surface area contributed by atoms with Crippen molar-refractivity contribution in [3.05, 3.63) is 53.9 Å². The molecule has 116 valence electrons. The van der Waals surface area contributed by atoms with Crippen molar-refractivity contribution in [1.82, 2.24) is 14.9 Å². The maximum Gasteiger partial charge on any atom is 0.223 e. The summed E-state index contributed by atoms with van der Waals surface area (Å²) in [5, 5.41) is 3.09. The highest BCUT2D eigenvalue weighted by Crippen LogP contribution is 2.27. The van der Waals surface area contributed by atoms with Crippen LogP contribution in [-0.4, -0.2) is 15.5 Å². The van der Waals surface area contributed by atoms with Crippen molar-refractivity contribution >= 4 is 5.91 Å². The summed E-state index contributed by atoms with van der Waals surface area (Å²) < 4.78 is 15.0. The number of carbonyl (C=O) groups is 1. The molecule has 0 radical (unpaired) electrons. The largest absolute Gasteiger partial charge is 0.342 e. The SMILES string of the molecule is Cn1ccnc1C(NC(=O)C1CCCC1)c1ccc(F)cc1. The molecule has 1 N–H and O–H groups in total. The number of nitrogens with zero attached hydrogens (tertiary/aromatic N) is 2. The van der Waals surface area contributed by atoms with Crippen molar-refractivity contribution in [2.75, 3.05) is 0 Å². The molecular weight excluding hydrogens is 281 g/mol. The smallest absolute Gasteiger partial charge is 0.223 e. The molecule has 1 aliphatic carbocycles. The standard InChI is InChI=1S/C17H20FN3O/c1-21-11-10-19-16(21)15(12-6-8-14(18)9-7-12)20-17(22)13-4-2-3-5-13/h6-11,13,15H,2-5H2,1H3,(H,20,22). The van der Waals surface area contributed by atoms with E-state index in [2.05, 4.69) is 10.3 Å². The van der Waals surface area contributed by atoms with Gasteiger partial charge in [-0.1, -0.05) is 25.0 Å². The van der Waals surface area contributed by atoms with E-state index in [-0.39, 0.29) is 23.7 Å². The predicted octanol–water partition coefficient (Wildman–Crippen LogP) is 2.96. The minimum absolute atomic E-state index is 0.0647. The van der Waals surface area contributed by atoms with E-state index < -0.39 is 0 Å². The summed E-state index contributed by atoms with van der Waals surface area (Å²) in [4.78, 5) is 16.8. The van der Waals surface area contributed by atoms with Crippen LogP contribution in [0.1, 0.15) is 43.1 Å². The molecule has 1 heterocycles. The zero-order valence-corrected chi connectivity index (χ0v) is 12.6. The Morgan fingerprint density at radius 3 is 2.59 bits per heavy atom. The normalized spacial score (nSPS) is 16.6. The zero-order valence-electron chi connectivity index (χ0n) is 12.6. The summed E-state index contributed by atoms with van der Waals surface area (Å²) in [6, 6.07) is 5.86. The van der Waals surface area contributed by atoms with Crippen molar-refractivity contribution in [2.45, 2.75) is 31.7 Å². The van der Waals surface area contributed by atoms with Gasteiger partial charge < -0.3 is 9.88 Å². The average Bonchev–Trinajstić information content (AvgIpc) is 3.17. The fourth-order valence-corrected chi connectivity index (χ4v) is 3.06. The molecule has 5 heteroatoms. The van der Waals surface area contributed by atoms with Crippen LogP contribution in [0.25, 0.3) is 0 Å². The van der Waals surface area contributed by atoms with Gasteiger partial charge in [-0.05, 0) is 30.5 Å².